The quantitative estimate of drug-likeness (QED) is 0.789. The molecular weight excluding hydrogens is 370 g/mol. The van der Waals surface area contributed by atoms with Crippen LogP contribution in [0, 0.1) is 0 Å². The summed E-state index contributed by atoms with van der Waals surface area (Å²) in [5, 5.41) is 4.04. The van der Waals surface area contributed by atoms with Gasteiger partial charge < -0.3 is 15.2 Å². The zero-order valence-electron chi connectivity index (χ0n) is 11.9. The lowest BCUT2D eigenvalue weighted by Gasteiger charge is -2.20. The average molecular weight is 387 g/mol. The first-order valence-electron chi connectivity index (χ1n) is 6.98. The fraction of sp³-hybridized carbons (Fsp3) is 0.333. The maximum Gasteiger partial charge on any atom is 0.254 e. The second-order valence-electron chi connectivity index (χ2n) is 5.11. The van der Waals surface area contributed by atoms with Crippen molar-refractivity contribution in [1.29, 1.82) is 0 Å². The molecule has 22 heavy (non-hydrogen) atoms. The third kappa shape index (κ3) is 3.34. The molecule has 118 valence electrons. The van der Waals surface area contributed by atoms with Crippen molar-refractivity contribution in [1.82, 2.24) is 15.2 Å². The topological polar surface area (TPSA) is 65.2 Å². The summed E-state index contributed by atoms with van der Waals surface area (Å²) in [4.78, 5) is 29.2. The second kappa shape index (κ2) is 7.26. The number of carbonyl (C=O) groups excluding carboxylic acids is 1. The van der Waals surface area contributed by atoms with Crippen molar-refractivity contribution < 1.29 is 4.79 Å². The SMILES string of the molecule is Cl.O=C(c1cc(=O)[nH]c2c(Br)cccc12)N1CCCNCC1. The molecule has 5 nitrogen and oxygen atoms in total. The molecule has 0 unspecified atom stereocenters. The third-order valence-electron chi connectivity index (χ3n) is 3.69. The summed E-state index contributed by atoms with van der Waals surface area (Å²) in [6.45, 7) is 3.09. The predicted octanol–water partition coefficient (Wildman–Crippen LogP) is 2.15. The third-order valence-corrected chi connectivity index (χ3v) is 4.35. The molecule has 1 aromatic heterocycles. The minimum Gasteiger partial charge on any atom is -0.337 e. The molecule has 0 radical (unpaired) electrons. The van der Waals surface area contributed by atoms with E-state index in [0.717, 1.165) is 29.4 Å². The van der Waals surface area contributed by atoms with Crippen LogP contribution in [0.4, 0.5) is 0 Å². The number of aromatic amines is 1. The van der Waals surface area contributed by atoms with E-state index in [4.69, 9.17) is 0 Å². The van der Waals surface area contributed by atoms with Crippen LogP contribution in [-0.2, 0) is 0 Å². The van der Waals surface area contributed by atoms with Gasteiger partial charge in [-0.05, 0) is 35.0 Å². The fourth-order valence-corrected chi connectivity index (χ4v) is 3.11. The Labute approximate surface area is 142 Å². The number of fused-ring (bicyclic) bond motifs is 1. The minimum absolute atomic E-state index is 0. The van der Waals surface area contributed by atoms with E-state index in [0.29, 0.717) is 24.2 Å². The van der Waals surface area contributed by atoms with E-state index in [2.05, 4.69) is 26.2 Å². The van der Waals surface area contributed by atoms with Crippen molar-refractivity contribution in [3.63, 3.8) is 0 Å². The molecule has 1 fully saturated rings. The number of hydrogen-bond acceptors (Lipinski definition) is 3. The Bertz CT molecular complexity index is 739. The van der Waals surface area contributed by atoms with Crippen molar-refractivity contribution in [2.45, 2.75) is 6.42 Å². The molecule has 2 aromatic rings. The van der Waals surface area contributed by atoms with Gasteiger partial charge in [0.2, 0.25) is 5.56 Å². The highest BCUT2D eigenvalue weighted by Crippen LogP contribution is 2.24. The van der Waals surface area contributed by atoms with Gasteiger partial charge in [0.05, 0.1) is 11.1 Å². The van der Waals surface area contributed by atoms with Gasteiger partial charge in [-0.15, -0.1) is 12.4 Å². The first-order chi connectivity index (χ1) is 10.2. The molecule has 1 aliphatic heterocycles. The number of pyridine rings is 1. The smallest absolute Gasteiger partial charge is 0.254 e. The molecule has 1 saturated heterocycles. The van der Waals surface area contributed by atoms with Crippen molar-refractivity contribution in [2.75, 3.05) is 26.2 Å². The van der Waals surface area contributed by atoms with Gasteiger partial charge in [0.15, 0.2) is 0 Å². The molecule has 7 heteroatoms. The van der Waals surface area contributed by atoms with E-state index in [-0.39, 0.29) is 23.9 Å². The Morgan fingerprint density at radius 1 is 1.23 bits per heavy atom. The van der Waals surface area contributed by atoms with Crippen molar-refractivity contribution >= 4 is 45.1 Å². The zero-order valence-corrected chi connectivity index (χ0v) is 14.3. The predicted molar refractivity (Wildman–Crippen MR) is 92.9 cm³/mol. The summed E-state index contributed by atoms with van der Waals surface area (Å²) in [5.41, 5.74) is 0.879. The van der Waals surface area contributed by atoms with Gasteiger partial charge in [0.25, 0.3) is 5.91 Å². The van der Waals surface area contributed by atoms with Crippen LogP contribution in [-0.4, -0.2) is 42.0 Å². The van der Waals surface area contributed by atoms with Gasteiger partial charge in [-0.1, -0.05) is 12.1 Å². The van der Waals surface area contributed by atoms with E-state index >= 15 is 0 Å². The highest BCUT2D eigenvalue weighted by Gasteiger charge is 2.20. The summed E-state index contributed by atoms with van der Waals surface area (Å²) >= 11 is 3.42. The van der Waals surface area contributed by atoms with Gasteiger partial charge >= 0.3 is 0 Å². The average Bonchev–Trinajstić information content (AvgIpc) is 2.76. The molecule has 1 aromatic carbocycles. The van der Waals surface area contributed by atoms with Gasteiger partial charge in [0.1, 0.15) is 0 Å². The number of amides is 1. The molecule has 0 spiro atoms. The van der Waals surface area contributed by atoms with E-state index in [1.54, 1.807) is 0 Å². The maximum atomic E-state index is 12.8. The highest BCUT2D eigenvalue weighted by atomic mass is 79.9. The lowest BCUT2D eigenvalue weighted by atomic mass is 10.1. The summed E-state index contributed by atoms with van der Waals surface area (Å²) in [6, 6.07) is 6.97. The lowest BCUT2D eigenvalue weighted by Crippen LogP contribution is -2.34. The summed E-state index contributed by atoms with van der Waals surface area (Å²) in [7, 11) is 0. The number of hydrogen-bond donors (Lipinski definition) is 2. The van der Waals surface area contributed by atoms with Gasteiger partial charge in [-0.3, -0.25) is 9.59 Å². The van der Waals surface area contributed by atoms with Crippen LogP contribution < -0.4 is 10.9 Å². The standard InChI is InChI=1S/C15H16BrN3O2.ClH/c16-12-4-1-3-10-11(9-13(20)18-14(10)12)15(21)19-7-2-5-17-6-8-19;/h1,3-4,9,17H,2,5-8H2,(H,18,20);1H. The Kier molecular flexibility index (Phi) is 5.61. The number of rotatable bonds is 1. The number of para-hydroxylation sites is 1. The van der Waals surface area contributed by atoms with Gasteiger partial charge in [-0.25, -0.2) is 0 Å². The van der Waals surface area contributed by atoms with E-state index in [1.807, 2.05) is 23.1 Å². The molecule has 0 saturated carbocycles. The monoisotopic (exact) mass is 385 g/mol. The summed E-state index contributed by atoms with van der Waals surface area (Å²) in [6.07, 6.45) is 0.927. The van der Waals surface area contributed by atoms with Crippen LogP contribution in [0.3, 0.4) is 0 Å². The minimum atomic E-state index is -0.259. The maximum absolute atomic E-state index is 12.8. The number of nitrogens with one attached hydrogen (secondary N) is 2. The van der Waals surface area contributed by atoms with Crippen LogP contribution in [0.2, 0.25) is 0 Å². The molecule has 3 rings (SSSR count). The molecule has 1 amide bonds. The van der Waals surface area contributed by atoms with E-state index in [9.17, 15) is 9.59 Å². The molecular formula is C15H17BrClN3O2. The molecule has 2 heterocycles. The van der Waals surface area contributed by atoms with Crippen LogP contribution in [0.1, 0.15) is 16.8 Å². The number of nitrogens with zero attached hydrogens (tertiary/aromatic N) is 1. The molecule has 0 atom stereocenters. The molecule has 0 aliphatic carbocycles. The number of benzene rings is 1. The first kappa shape index (κ1) is 17.0. The molecule has 2 N–H and O–H groups in total. The van der Waals surface area contributed by atoms with Gasteiger partial charge in [-0.2, -0.15) is 0 Å². The summed E-state index contributed by atoms with van der Waals surface area (Å²) < 4.78 is 0.782. The Balaban J connectivity index is 0.00000176. The zero-order chi connectivity index (χ0) is 14.8. The molecule has 0 bridgehead atoms. The van der Waals surface area contributed by atoms with Crippen LogP contribution >= 0.6 is 28.3 Å². The number of carbonyl (C=O) groups is 1. The first-order valence-corrected chi connectivity index (χ1v) is 7.77. The Hall–Kier alpha value is -1.37. The fourth-order valence-electron chi connectivity index (χ4n) is 2.64. The van der Waals surface area contributed by atoms with Crippen molar-refractivity contribution in [3.8, 4) is 0 Å². The Morgan fingerprint density at radius 2 is 2.05 bits per heavy atom. The highest BCUT2D eigenvalue weighted by molar-refractivity contribution is 9.10. The van der Waals surface area contributed by atoms with E-state index in [1.165, 1.54) is 6.07 Å². The van der Waals surface area contributed by atoms with E-state index < -0.39 is 0 Å². The number of aromatic nitrogens is 1. The summed E-state index contributed by atoms with van der Waals surface area (Å²) in [5.74, 6) is -0.0760. The molecule has 1 aliphatic rings. The van der Waals surface area contributed by atoms with Crippen molar-refractivity contribution in [3.05, 3.63) is 44.7 Å². The number of H-pyrrole nitrogens is 1. The Morgan fingerprint density at radius 3 is 2.86 bits per heavy atom. The van der Waals surface area contributed by atoms with Crippen molar-refractivity contribution in [2.24, 2.45) is 0 Å². The second-order valence-corrected chi connectivity index (χ2v) is 5.96. The normalized spacial score (nSPS) is 15.2. The largest absolute Gasteiger partial charge is 0.337 e. The van der Waals surface area contributed by atoms with Crippen LogP contribution in [0.5, 0.6) is 0 Å². The van der Waals surface area contributed by atoms with Crippen LogP contribution in [0.15, 0.2) is 33.5 Å². The lowest BCUT2D eigenvalue weighted by molar-refractivity contribution is 0.0768. The van der Waals surface area contributed by atoms with Crippen LogP contribution in [0.25, 0.3) is 10.9 Å². The van der Waals surface area contributed by atoms with Gasteiger partial charge in [0, 0.05) is 35.6 Å². The number of halogens is 2.